The van der Waals surface area contributed by atoms with Crippen LogP contribution in [0.25, 0.3) is 0 Å². The van der Waals surface area contributed by atoms with E-state index in [0.717, 1.165) is 32.6 Å². The van der Waals surface area contributed by atoms with Gasteiger partial charge in [-0.15, -0.1) is 0 Å². The first-order valence-electron chi connectivity index (χ1n) is 8.00. The second kappa shape index (κ2) is 6.69. The van der Waals surface area contributed by atoms with Gasteiger partial charge in [0, 0.05) is 43.5 Å². The summed E-state index contributed by atoms with van der Waals surface area (Å²) in [5, 5.41) is 10.2. The molecular formula is C16H29N5O. The van der Waals surface area contributed by atoms with E-state index >= 15 is 0 Å². The van der Waals surface area contributed by atoms with Gasteiger partial charge in [-0.2, -0.15) is 5.10 Å². The zero-order valence-corrected chi connectivity index (χ0v) is 14.4. The molecule has 0 unspecified atom stereocenters. The Balaban J connectivity index is 1.74. The van der Waals surface area contributed by atoms with E-state index in [9.17, 15) is 4.79 Å². The fraction of sp³-hybridized carbons (Fsp3) is 0.750. The van der Waals surface area contributed by atoms with Gasteiger partial charge >= 0.3 is 6.03 Å². The molecule has 0 radical (unpaired) electrons. The van der Waals surface area contributed by atoms with Crippen LogP contribution in [0.2, 0.25) is 0 Å². The molecule has 1 aliphatic rings. The summed E-state index contributed by atoms with van der Waals surface area (Å²) >= 11 is 0. The molecule has 1 aromatic rings. The first-order chi connectivity index (χ1) is 10.2. The topological polar surface area (TPSA) is 62.2 Å². The minimum absolute atomic E-state index is 0.0750. The second-order valence-corrected chi connectivity index (χ2v) is 7.35. The molecule has 1 aliphatic heterocycles. The fourth-order valence-electron chi connectivity index (χ4n) is 2.79. The number of aryl methyl sites for hydroxylation is 1. The van der Waals surface area contributed by atoms with Crippen molar-refractivity contribution in [1.29, 1.82) is 0 Å². The Labute approximate surface area is 133 Å². The van der Waals surface area contributed by atoms with Crippen LogP contribution in [0.1, 0.15) is 38.4 Å². The monoisotopic (exact) mass is 307 g/mol. The number of rotatable bonds is 4. The van der Waals surface area contributed by atoms with Gasteiger partial charge in [0.15, 0.2) is 0 Å². The number of aromatic nitrogens is 2. The Hall–Kier alpha value is -1.56. The van der Waals surface area contributed by atoms with Gasteiger partial charge in [-0.3, -0.25) is 9.58 Å². The van der Waals surface area contributed by atoms with Gasteiger partial charge in [0.25, 0.3) is 0 Å². The Bertz CT molecular complexity index is 517. The Morgan fingerprint density at radius 2 is 2.18 bits per heavy atom. The molecule has 6 nitrogen and oxygen atoms in total. The predicted molar refractivity (Wildman–Crippen MR) is 87.6 cm³/mol. The zero-order chi connectivity index (χ0) is 16.3. The lowest BCUT2D eigenvalue weighted by Gasteiger charge is -2.22. The van der Waals surface area contributed by atoms with Gasteiger partial charge in [-0.1, -0.05) is 0 Å². The molecule has 1 fully saturated rings. The van der Waals surface area contributed by atoms with E-state index in [1.54, 1.807) is 0 Å². The van der Waals surface area contributed by atoms with Crippen LogP contribution in [0.3, 0.4) is 0 Å². The summed E-state index contributed by atoms with van der Waals surface area (Å²) in [7, 11) is 1.98. The smallest absolute Gasteiger partial charge is 0.315 e. The Morgan fingerprint density at radius 3 is 2.77 bits per heavy atom. The quantitative estimate of drug-likeness (QED) is 0.889. The van der Waals surface area contributed by atoms with E-state index in [0.29, 0.717) is 5.92 Å². The number of nitrogens with one attached hydrogen (secondary N) is 2. The minimum atomic E-state index is -0.191. The molecule has 0 aromatic carbocycles. The van der Waals surface area contributed by atoms with E-state index in [2.05, 4.69) is 27.6 Å². The molecule has 2 N–H and O–H groups in total. The number of hydrogen-bond donors (Lipinski definition) is 2. The van der Waals surface area contributed by atoms with Crippen molar-refractivity contribution < 1.29 is 4.79 Å². The first kappa shape index (κ1) is 16.8. The summed E-state index contributed by atoms with van der Waals surface area (Å²) in [6.45, 7) is 11.9. The summed E-state index contributed by atoms with van der Waals surface area (Å²) in [5.74, 6) is 0.530. The molecular weight excluding hydrogens is 278 g/mol. The van der Waals surface area contributed by atoms with Crippen molar-refractivity contribution in [3.63, 3.8) is 0 Å². The standard InChI is InChI=1S/C16H29N5O/c1-12-14(9-18-20(12)5)11-21-7-6-13(10-21)8-17-15(22)19-16(2,3)4/h9,13H,6-8,10-11H2,1-5H3,(H2,17,19,22)/t13-/m0/s1. The third-order valence-corrected chi connectivity index (χ3v) is 4.14. The van der Waals surface area contributed by atoms with Crippen molar-refractivity contribution in [2.45, 2.75) is 46.2 Å². The molecule has 1 atom stereocenters. The number of likely N-dealkylation sites (tertiary alicyclic amines) is 1. The molecule has 2 heterocycles. The van der Waals surface area contributed by atoms with E-state index in [1.165, 1.54) is 11.3 Å². The van der Waals surface area contributed by atoms with Crippen LogP contribution in [0.15, 0.2) is 6.20 Å². The van der Waals surface area contributed by atoms with Gasteiger partial charge in [-0.05, 0) is 46.6 Å². The van der Waals surface area contributed by atoms with E-state index in [4.69, 9.17) is 0 Å². The van der Waals surface area contributed by atoms with Gasteiger partial charge < -0.3 is 10.6 Å². The maximum absolute atomic E-state index is 11.8. The van der Waals surface area contributed by atoms with Crippen LogP contribution >= 0.6 is 0 Å². The molecule has 1 aromatic heterocycles. The highest BCUT2D eigenvalue weighted by molar-refractivity contribution is 5.74. The average Bonchev–Trinajstić information content (AvgIpc) is 2.97. The maximum atomic E-state index is 11.8. The third-order valence-electron chi connectivity index (χ3n) is 4.14. The minimum Gasteiger partial charge on any atom is -0.338 e. The number of carbonyl (C=O) groups excluding carboxylic acids is 1. The number of carbonyl (C=O) groups is 1. The lowest BCUT2D eigenvalue weighted by Crippen LogP contribution is -2.47. The molecule has 124 valence electrons. The van der Waals surface area contributed by atoms with Crippen molar-refractivity contribution in [3.05, 3.63) is 17.5 Å². The number of urea groups is 1. The van der Waals surface area contributed by atoms with Crippen LogP contribution in [0.5, 0.6) is 0 Å². The van der Waals surface area contributed by atoms with Crippen molar-refractivity contribution in [1.82, 2.24) is 25.3 Å². The molecule has 0 spiro atoms. The fourth-order valence-corrected chi connectivity index (χ4v) is 2.79. The van der Waals surface area contributed by atoms with Crippen LogP contribution in [0.4, 0.5) is 4.79 Å². The Kier molecular flexibility index (Phi) is 5.11. The SMILES string of the molecule is Cc1c(CN2CC[C@@H](CNC(=O)NC(C)(C)C)C2)cnn1C. The van der Waals surface area contributed by atoms with E-state index in [1.807, 2.05) is 38.7 Å². The first-order valence-corrected chi connectivity index (χ1v) is 8.00. The summed E-state index contributed by atoms with van der Waals surface area (Å²) in [4.78, 5) is 14.2. The highest BCUT2D eigenvalue weighted by Gasteiger charge is 2.24. The van der Waals surface area contributed by atoms with Crippen LogP contribution < -0.4 is 10.6 Å². The number of amides is 2. The summed E-state index contributed by atoms with van der Waals surface area (Å²) in [6.07, 6.45) is 3.09. The van der Waals surface area contributed by atoms with E-state index in [-0.39, 0.29) is 11.6 Å². The Morgan fingerprint density at radius 1 is 1.45 bits per heavy atom. The van der Waals surface area contributed by atoms with Crippen molar-refractivity contribution in [2.24, 2.45) is 13.0 Å². The third kappa shape index (κ3) is 4.73. The molecule has 2 amide bonds. The van der Waals surface area contributed by atoms with Crippen LogP contribution in [0, 0.1) is 12.8 Å². The normalized spacial score (nSPS) is 19.4. The molecule has 22 heavy (non-hydrogen) atoms. The van der Waals surface area contributed by atoms with Crippen molar-refractivity contribution >= 4 is 6.03 Å². The molecule has 0 aliphatic carbocycles. The van der Waals surface area contributed by atoms with Gasteiger partial charge in [0.2, 0.25) is 0 Å². The highest BCUT2D eigenvalue weighted by Crippen LogP contribution is 2.19. The maximum Gasteiger partial charge on any atom is 0.315 e. The van der Waals surface area contributed by atoms with Gasteiger partial charge in [0.05, 0.1) is 6.20 Å². The van der Waals surface area contributed by atoms with Crippen LogP contribution in [-0.2, 0) is 13.6 Å². The lowest BCUT2D eigenvalue weighted by molar-refractivity contribution is 0.229. The van der Waals surface area contributed by atoms with Gasteiger partial charge in [0.1, 0.15) is 0 Å². The predicted octanol–water partition coefficient (Wildman–Crippen LogP) is 1.65. The molecule has 0 bridgehead atoms. The number of nitrogens with zero attached hydrogens (tertiary/aromatic N) is 3. The molecule has 6 heteroatoms. The zero-order valence-electron chi connectivity index (χ0n) is 14.4. The van der Waals surface area contributed by atoms with Gasteiger partial charge in [-0.25, -0.2) is 4.79 Å². The number of hydrogen-bond acceptors (Lipinski definition) is 3. The second-order valence-electron chi connectivity index (χ2n) is 7.35. The average molecular weight is 307 g/mol. The van der Waals surface area contributed by atoms with Crippen molar-refractivity contribution in [3.8, 4) is 0 Å². The largest absolute Gasteiger partial charge is 0.338 e. The summed E-state index contributed by atoms with van der Waals surface area (Å²) in [5.41, 5.74) is 2.33. The molecule has 2 rings (SSSR count). The molecule has 1 saturated heterocycles. The van der Waals surface area contributed by atoms with Crippen molar-refractivity contribution in [2.75, 3.05) is 19.6 Å². The lowest BCUT2D eigenvalue weighted by atomic mass is 10.1. The summed E-state index contributed by atoms with van der Waals surface area (Å²) in [6, 6.07) is -0.0750. The van der Waals surface area contributed by atoms with Crippen LogP contribution in [-0.4, -0.2) is 45.9 Å². The summed E-state index contributed by atoms with van der Waals surface area (Å²) < 4.78 is 1.92. The van der Waals surface area contributed by atoms with E-state index < -0.39 is 0 Å². The molecule has 0 saturated carbocycles. The highest BCUT2D eigenvalue weighted by atomic mass is 16.2.